The van der Waals surface area contributed by atoms with E-state index in [0.29, 0.717) is 11.3 Å². The first-order chi connectivity index (χ1) is 11.8. The molecule has 130 valence electrons. The standard InChI is InChI=1S/C19H18BrNO3S/c1-13-3-4-15(11-14(13)2)19(22)21(17-7-5-16(20)6-8-17)18-9-10-25(23,24)12-18/h3-11,18H,12H2,1-2H3/t18-/m0/s1. The van der Waals surface area contributed by atoms with Crippen molar-refractivity contribution < 1.29 is 13.2 Å². The Kier molecular flexibility index (Phi) is 4.84. The highest BCUT2D eigenvalue weighted by Crippen LogP contribution is 2.27. The number of sulfone groups is 1. The number of nitrogens with zero attached hydrogens (tertiary/aromatic N) is 1. The summed E-state index contributed by atoms with van der Waals surface area (Å²) in [7, 11) is -3.27. The topological polar surface area (TPSA) is 54.5 Å². The van der Waals surface area contributed by atoms with Crippen molar-refractivity contribution in [2.45, 2.75) is 19.9 Å². The van der Waals surface area contributed by atoms with E-state index in [2.05, 4.69) is 15.9 Å². The Hall–Kier alpha value is -1.92. The number of amides is 1. The molecule has 1 heterocycles. The number of aryl methyl sites for hydroxylation is 2. The highest BCUT2D eigenvalue weighted by Gasteiger charge is 2.32. The fourth-order valence-corrected chi connectivity index (χ4v) is 4.33. The molecular weight excluding hydrogens is 402 g/mol. The summed E-state index contributed by atoms with van der Waals surface area (Å²) in [4.78, 5) is 14.7. The minimum absolute atomic E-state index is 0.0976. The van der Waals surface area contributed by atoms with Gasteiger partial charge in [-0.15, -0.1) is 0 Å². The molecule has 0 N–H and O–H groups in total. The van der Waals surface area contributed by atoms with Crippen LogP contribution in [-0.4, -0.2) is 26.1 Å². The fraction of sp³-hybridized carbons (Fsp3) is 0.211. The lowest BCUT2D eigenvalue weighted by atomic mass is 10.0. The Morgan fingerprint density at radius 1 is 1.08 bits per heavy atom. The van der Waals surface area contributed by atoms with Crippen LogP contribution in [0.25, 0.3) is 0 Å². The Morgan fingerprint density at radius 3 is 2.32 bits per heavy atom. The summed E-state index contributed by atoms with van der Waals surface area (Å²) in [5, 5.41) is 1.19. The van der Waals surface area contributed by atoms with E-state index in [9.17, 15) is 13.2 Å². The van der Waals surface area contributed by atoms with Gasteiger partial charge in [0.25, 0.3) is 5.91 Å². The molecule has 25 heavy (non-hydrogen) atoms. The first kappa shape index (κ1) is 17.9. The second-order valence-electron chi connectivity index (χ2n) is 6.18. The molecule has 0 bridgehead atoms. The monoisotopic (exact) mass is 419 g/mol. The van der Waals surface area contributed by atoms with Gasteiger partial charge in [0.15, 0.2) is 9.84 Å². The summed E-state index contributed by atoms with van der Waals surface area (Å²) in [6.07, 6.45) is 1.58. The van der Waals surface area contributed by atoms with Gasteiger partial charge in [0.05, 0.1) is 11.8 Å². The van der Waals surface area contributed by atoms with Crippen LogP contribution in [0.1, 0.15) is 21.5 Å². The van der Waals surface area contributed by atoms with E-state index in [4.69, 9.17) is 0 Å². The minimum atomic E-state index is -3.27. The Morgan fingerprint density at radius 2 is 1.76 bits per heavy atom. The molecule has 0 radical (unpaired) electrons. The average molecular weight is 420 g/mol. The van der Waals surface area contributed by atoms with E-state index < -0.39 is 15.9 Å². The maximum Gasteiger partial charge on any atom is 0.258 e. The van der Waals surface area contributed by atoms with Crippen molar-refractivity contribution in [3.8, 4) is 0 Å². The smallest absolute Gasteiger partial charge is 0.258 e. The van der Waals surface area contributed by atoms with Gasteiger partial charge in [-0.2, -0.15) is 0 Å². The van der Waals surface area contributed by atoms with Crippen LogP contribution in [0.5, 0.6) is 0 Å². The Bertz CT molecular complexity index is 949. The minimum Gasteiger partial charge on any atom is -0.300 e. The van der Waals surface area contributed by atoms with Crippen molar-refractivity contribution in [2.24, 2.45) is 0 Å². The second kappa shape index (κ2) is 6.77. The molecule has 1 aliphatic heterocycles. The highest BCUT2D eigenvalue weighted by atomic mass is 79.9. The molecule has 2 aromatic carbocycles. The van der Waals surface area contributed by atoms with Gasteiger partial charge in [-0.25, -0.2) is 8.42 Å². The van der Waals surface area contributed by atoms with E-state index in [1.165, 1.54) is 5.41 Å². The number of rotatable bonds is 3. The largest absolute Gasteiger partial charge is 0.300 e. The van der Waals surface area contributed by atoms with E-state index >= 15 is 0 Å². The van der Waals surface area contributed by atoms with Gasteiger partial charge in [-0.05, 0) is 67.4 Å². The summed E-state index contributed by atoms with van der Waals surface area (Å²) < 4.78 is 24.6. The molecule has 2 aromatic rings. The normalized spacial score (nSPS) is 18.3. The number of carbonyl (C=O) groups is 1. The quantitative estimate of drug-likeness (QED) is 0.754. The zero-order valence-electron chi connectivity index (χ0n) is 13.9. The Labute approximate surface area is 156 Å². The van der Waals surface area contributed by atoms with Gasteiger partial charge in [0.1, 0.15) is 0 Å². The van der Waals surface area contributed by atoms with Crippen LogP contribution in [-0.2, 0) is 9.84 Å². The first-order valence-corrected chi connectivity index (χ1v) is 10.3. The molecule has 0 unspecified atom stereocenters. The predicted octanol–water partition coefficient (Wildman–Crippen LogP) is 4.02. The molecule has 0 aromatic heterocycles. The van der Waals surface area contributed by atoms with Crippen molar-refractivity contribution in [2.75, 3.05) is 10.7 Å². The number of benzene rings is 2. The van der Waals surface area contributed by atoms with Gasteiger partial charge < -0.3 is 4.90 Å². The predicted molar refractivity (Wildman–Crippen MR) is 104 cm³/mol. The molecule has 0 aliphatic carbocycles. The van der Waals surface area contributed by atoms with Gasteiger partial charge in [-0.3, -0.25) is 4.79 Å². The van der Waals surface area contributed by atoms with Gasteiger partial charge in [0.2, 0.25) is 0 Å². The lowest BCUT2D eigenvalue weighted by Gasteiger charge is -2.28. The van der Waals surface area contributed by atoms with Crippen LogP contribution in [0.15, 0.2) is 58.4 Å². The molecule has 1 atom stereocenters. The number of halogens is 1. The van der Waals surface area contributed by atoms with Gasteiger partial charge in [0, 0.05) is 21.1 Å². The summed E-state index contributed by atoms with van der Waals surface area (Å²) in [6.45, 7) is 3.94. The maximum atomic E-state index is 13.2. The molecule has 0 fully saturated rings. The number of anilines is 1. The van der Waals surface area contributed by atoms with E-state index in [-0.39, 0.29) is 11.7 Å². The SMILES string of the molecule is Cc1ccc(C(=O)N(c2ccc(Br)cc2)[C@H]2C=CS(=O)(=O)C2)cc1C. The summed E-state index contributed by atoms with van der Waals surface area (Å²) in [5.41, 5.74) is 3.34. The third kappa shape index (κ3) is 3.85. The third-order valence-corrected chi connectivity index (χ3v) is 6.23. The second-order valence-corrected chi connectivity index (χ2v) is 9.02. The van der Waals surface area contributed by atoms with Crippen LogP contribution in [0, 0.1) is 13.8 Å². The van der Waals surface area contributed by atoms with Crippen molar-refractivity contribution in [1.82, 2.24) is 0 Å². The zero-order valence-corrected chi connectivity index (χ0v) is 16.3. The summed E-state index contributed by atoms with van der Waals surface area (Å²) >= 11 is 3.38. The number of hydrogen-bond acceptors (Lipinski definition) is 3. The third-order valence-electron chi connectivity index (χ3n) is 4.32. The van der Waals surface area contributed by atoms with Crippen LogP contribution >= 0.6 is 15.9 Å². The van der Waals surface area contributed by atoms with Gasteiger partial charge >= 0.3 is 0 Å². The molecule has 4 nitrogen and oxygen atoms in total. The molecule has 3 rings (SSSR count). The van der Waals surface area contributed by atoms with Crippen molar-refractivity contribution in [1.29, 1.82) is 0 Å². The Balaban J connectivity index is 2.04. The van der Waals surface area contributed by atoms with Crippen LogP contribution in [0.3, 0.4) is 0 Å². The zero-order chi connectivity index (χ0) is 18.2. The molecule has 0 spiro atoms. The summed E-state index contributed by atoms with van der Waals surface area (Å²) in [6, 6.07) is 12.3. The fourth-order valence-electron chi connectivity index (χ4n) is 2.79. The molecule has 0 saturated carbocycles. The van der Waals surface area contributed by atoms with Crippen LogP contribution in [0.2, 0.25) is 0 Å². The molecule has 6 heteroatoms. The van der Waals surface area contributed by atoms with Gasteiger partial charge in [-0.1, -0.05) is 22.0 Å². The van der Waals surface area contributed by atoms with E-state index in [0.717, 1.165) is 15.6 Å². The highest BCUT2D eigenvalue weighted by molar-refractivity contribution is 9.10. The number of carbonyl (C=O) groups excluding carboxylic acids is 1. The van der Waals surface area contributed by atoms with Crippen molar-refractivity contribution in [3.63, 3.8) is 0 Å². The molecular formula is C19H18BrNO3S. The molecule has 0 saturated heterocycles. The van der Waals surface area contributed by atoms with Crippen LogP contribution < -0.4 is 4.90 Å². The van der Waals surface area contributed by atoms with E-state index in [1.807, 2.05) is 50.2 Å². The molecule has 1 aliphatic rings. The average Bonchev–Trinajstić information content (AvgIpc) is 2.91. The lowest BCUT2D eigenvalue weighted by molar-refractivity contribution is 0.0983. The number of hydrogen-bond donors (Lipinski definition) is 0. The van der Waals surface area contributed by atoms with Crippen molar-refractivity contribution in [3.05, 3.63) is 75.1 Å². The summed E-state index contributed by atoms with van der Waals surface area (Å²) in [5.74, 6) is -0.309. The van der Waals surface area contributed by atoms with Crippen LogP contribution in [0.4, 0.5) is 5.69 Å². The van der Waals surface area contributed by atoms with Crippen molar-refractivity contribution >= 4 is 37.4 Å². The maximum absolute atomic E-state index is 13.2. The lowest BCUT2D eigenvalue weighted by Crippen LogP contribution is -2.41. The molecule has 1 amide bonds. The first-order valence-electron chi connectivity index (χ1n) is 7.84. The van der Waals surface area contributed by atoms with E-state index in [1.54, 1.807) is 17.0 Å².